The molecule has 0 bridgehead atoms. The summed E-state index contributed by atoms with van der Waals surface area (Å²) in [6, 6.07) is 28.0. The highest BCUT2D eigenvalue weighted by Crippen LogP contribution is 2.60. The molecule has 310 valence electrons. The highest BCUT2D eigenvalue weighted by Gasteiger charge is 2.44. The molecule has 8 nitrogen and oxygen atoms in total. The van der Waals surface area contributed by atoms with Crippen LogP contribution in [0.15, 0.2) is 84.9 Å². The molecule has 8 rings (SSSR count). The first-order valence-electron chi connectivity index (χ1n) is 20.4. The quantitative estimate of drug-likeness (QED) is 0.119. The summed E-state index contributed by atoms with van der Waals surface area (Å²) in [4.78, 5) is 0. The molecule has 0 aliphatic carbocycles. The van der Waals surface area contributed by atoms with Crippen molar-refractivity contribution in [1.82, 2.24) is 0 Å². The Morgan fingerprint density at radius 2 is 0.800 bits per heavy atom. The van der Waals surface area contributed by atoms with Crippen LogP contribution in [0.25, 0.3) is 11.1 Å². The molecule has 60 heavy (non-hydrogen) atoms. The Hall–Kier alpha value is -5.42. The van der Waals surface area contributed by atoms with Crippen molar-refractivity contribution in [3.8, 4) is 45.6 Å². The van der Waals surface area contributed by atoms with Crippen molar-refractivity contribution in [2.45, 2.75) is 69.2 Å². The Bertz CT molecular complexity index is 2610. The van der Waals surface area contributed by atoms with Gasteiger partial charge in [0.2, 0.25) is 25.1 Å². The molecule has 0 amide bonds. The molecular weight excluding hydrogens is 790 g/mol. The molecular formula is C50H52O8P2. The van der Waals surface area contributed by atoms with Crippen molar-refractivity contribution >= 4 is 46.1 Å². The Morgan fingerprint density at radius 3 is 1.22 bits per heavy atom. The van der Waals surface area contributed by atoms with Crippen molar-refractivity contribution in [2.24, 2.45) is 0 Å². The lowest BCUT2D eigenvalue weighted by atomic mass is 10.0. The Balaban J connectivity index is 1.57. The monoisotopic (exact) mass is 842 g/mol. The largest absolute Gasteiger partial charge is 0.490 e. The van der Waals surface area contributed by atoms with Gasteiger partial charge in [-0.05, 0) is 130 Å². The van der Waals surface area contributed by atoms with Gasteiger partial charge >= 0.3 is 0 Å². The summed E-state index contributed by atoms with van der Waals surface area (Å²) in [6.45, 7) is 20.3. The number of rotatable bonds is 11. The number of aryl methyl sites for hydroxylation is 8. The molecule has 0 spiro atoms. The molecule has 0 N–H and O–H groups in total. The Morgan fingerprint density at radius 1 is 0.433 bits per heavy atom. The second-order valence-corrected chi connectivity index (χ2v) is 21.6. The average molecular weight is 843 g/mol. The first-order chi connectivity index (χ1) is 28.6. The van der Waals surface area contributed by atoms with Crippen molar-refractivity contribution in [1.29, 1.82) is 0 Å². The lowest BCUT2D eigenvalue weighted by molar-refractivity contribution is 0.169. The average Bonchev–Trinajstić information content (AvgIpc) is 3.88. The third-order valence-electron chi connectivity index (χ3n) is 11.0. The van der Waals surface area contributed by atoms with E-state index >= 15 is 9.13 Å². The molecule has 0 saturated heterocycles. The standard InChI is InChI=1S/C50H52O8P2/c1-11-53-42-26-43(59(51,37-17-29(3)13-30(4)18-37)38-19-31(5)14-32(6)20-38)45(49-47(42)56-28-57-49)41-25-44(48(54-12-2)50-46(41)55-27-58-50)60(52,39-21-33(7)15-34(8)22-39)40-23-35(9)16-36(10)24-40/h13-26H,11-12,27-28H2,1-10H3. The number of fused-ring (bicyclic) bond motifs is 2. The van der Waals surface area contributed by atoms with Gasteiger partial charge in [0.25, 0.3) is 0 Å². The van der Waals surface area contributed by atoms with Crippen LogP contribution >= 0.6 is 14.3 Å². The highest BCUT2D eigenvalue weighted by atomic mass is 31.2. The van der Waals surface area contributed by atoms with E-state index in [2.05, 4.69) is 24.3 Å². The van der Waals surface area contributed by atoms with Gasteiger partial charge in [-0.3, -0.25) is 0 Å². The van der Waals surface area contributed by atoms with Crippen LogP contribution in [-0.4, -0.2) is 26.8 Å². The normalized spacial score (nSPS) is 13.2. The maximum absolute atomic E-state index is 17.0. The van der Waals surface area contributed by atoms with Gasteiger partial charge in [-0.15, -0.1) is 0 Å². The van der Waals surface area contributed by atoms with Gasteiger partial charge in [-0.25, -0.2) is 0 Å². The molecule has 10 heteroatoms. The molecule has 0 fully saturated rings. The van der Waals surface area contributed by atoms with Gasteiger partial charge < -0.3 is 37.6 Å². The Kier molecular flexibility index (Phi) is 10.9. The van der Waals surface area contributed by atoms with Crippen LogP contribution in [0, 0.1) is 55.4 Å². The SMILES string of the molecule is CCOc1cc(P(=O)(c2cc(C)cc(C)c2)c2cc(C)cc(C)c2)c(-c2cc(P(=O)(c3cc(C)cc(C)c3)c3cc(C)cc(C)c3)c(OCC)c3c2OCO3)c2c1OCO2. The zero-order chi connectivity index (χ0) is 42.7. The summed E-state index contributed by atoms with van der Waals surface area (Å²) in [6.07, 6.45) is 0. The van der Waals surface area contributed by atoms with Crippen molar-refractivity contribution in [3.05, 3.63) is 129 Å². The predicted molar refractivity (Wildman–Crippen MR) is 243 cm³/mol. The van der Waals surface area contributed by atoms with Gasteiger partial charge in [-0.1, -0.05) is 68.8 Å². The van der Waals surface area contributed by atoms with Crippen molar-refractivity contribution < 1.29 is 37.6 Å². The molecule has 0 unspecified atom stereocenters. The fourth-order valence-corrected chi connectivity index (χ4v) is 15.3. The van der Waals surface area contributed by atoms with Gasteiger partial charge in [0, 0.05) is 37.6 Å². The molecule has 0 atom stereocenters. The molecule has 0 radical (unpaired) electrons. The van der Waals surface area contributed by atoms with Gasteiger partial charge in [0.1, 0.15) is 0 Å². The zero-order valence-corrected chi connectivity index (χ0v) is 37.9. The lowest BCUT2D eigenvalue weighted by Crippen LogP contribution is -2.29. The van der Waals surface area contributed by atoms with Crippen LogP contribution in [0.4, 0.5) is 0 Å². The lowest BCUT2D eigenvalue weighted by Gasteiger charge is -2.28. The van der Waals surface area contributed by atoms with Crippen molar-refractivity contribution in [2.75, 3.05) is 26.8 Å². The smallest absolute Gasteiger partial charge is 0.231 e. The van der Waals surface area contributed by atoms with Gasteiger partial charge in [0.15, 0.2) is 37.3 Å². The van der Waals surface area contributed by atoms with Crippen LogP contribution in [0.2, 0.25) is 0 Å². The molecule has 2 aliphatic rings. The summed E-state index contributed by atoms with van der Waals surface area (Å²) in [5.74, 6) is 2.17. The highest BCUT2D eigenvalue weighted by molar-refractivity contribution is 7.86. The second-order valence-electron chi connectivity index (χ2n) is 16.1. The molecule has 2 aliphatic heterocycles. The maximum Gasteiger partial charge on any atom is 0.231 e. The van der Waals surface area contributed by atoms with E-state index in [1.54, 1.807) is 0 Å². The number of hydrogen-bond acceptors (Lipinski definition) is 8. The minimum Gasteiger partial charge on any atom is -0.490 e. The van der Waals surface area contributed by atoms with Gasteiger partial charge in [0.05, 0.1) is 18.5 Å². The molecule has 0 aromatic heterocycles. The van der Waals surface area contributed by atoms with E-state index in [0.29, 0.717) is 84.1 Å². The summed E-state index contributed by atoms with van der Waals surface area (Å²) in [7, 11) is -7.63. The molecule has 0 saturated carbocycles. The third-order valence-corrected chi connectivity index (χ3v) is 17.0. The van der Waals surface area contributed by atoms with E-state index in [1.165, 1.54) is 0 Å². The fourth-order valence-electron chi connectivity index (χ4n) is 8.92. The van der Waals surface area contributed by atoms with E-state index in [-0.39, 0.29) is 20.2 Å². The van der Waals surface area contributed by atoms with Crippen LogP contribution in [0.5, 0.6) is 34.5 Å². The topological polar surface area (TPSA) is 89.5 Å². The predicted octanol–water partition coefficient (Wildman–Crippen LogP) is 9.35. The fraction of sp³-hybridized carbons (Fsp3) is 0.280. The van der Waals surface area contributed by atoms with E-state index < -0.39 is 14.3 Å². The van der Waals surface area contributed by atoms with E-state index in [1.807, 2.05) is 130 Å². The molecule has 2 heterocycles. The summed E-state index contributed by atoms with van der Waals surface area (Å²) in [5.41, 5.74) is 8.80. The van der Waals surface area contributed by atoms with Crippen LogP contribution < -0.4 is 60.2 Å². The first-order valence-corrected chi connectivity index (χ1v) is 23.8. The van der Waals surface area contributed by atoms with Crippen LogP contribution in [0.3, 0.4) is 0 Å². The van der Waals surface area contributed by atoms with E-state index in [0.717, 1.165) is 44.5 Å². The maximum atomic E-state index is 17.0. The number of benzene rings is 6. The van der Waals surface area contributed by atoms with E-state index in [4.69, 9.17) is 28.4 Å². The number of ether oxygens (including phenoxy) is 6. The Labute approximate surface area is 353 Å². The summed E-state index contributed by atoms with van der Waals surface area (Å²) < 4.78 is 72.0. The molecule has 6 aromatic rings. The van der Waals surface area contributed by atoms with Crippen LogP contribution in [0.1, 0.15) is 58.4 Å². The summed E-state index contributed by atoms with van der Waals surface area (Å²) in [5, 5.41) is 3.52. The third kappa shape index (κ3) is 7.08. The van der Waals surface area contributed by atoms with E-state index in [9.17, 15) is 0 Å². The summed E-state index contributed by atoms with van der Waals surface area (Å²) >= 11 is 0. The minimum absolute atomic E-state index is 0.0870. The zero-order valence-electron chi connectivity index (χ0n) is 36.1. The van der Waals surface area contributed by atoms with Crippen LogP contribution in [-0.2, 0) is 9.13 Å². The number of hydrogen-bond donors (Lipinski definition) is 0. The van der Waals surface area contributed by atoms with Gasteiger partial charge in [-0.2, -0.15) is 0 Å². The second kappa shape index (κ2) is 15.9. The molecule has 6 aromatic carbocycles. The first kappa shape index (κ1) is 41.3. The van der Waals surface area contributed by atoms with Crippen molar-refractivity contribution in [3.63, 3.8) is 0 Å². The minimum atomic E-state index is -3.83.